The Hall–Kier alpha value is -1.22. The van der Waals surface area contributed by atoms with Gasteiger partial charge in [-0.3, -0.25) is 0 Å². The van der Waals surface area contributed by atoms with E-state index < -0.39 is 0 Å². The zero-order chi connectivity index (χ0) is 15.3. The molecule has 0 radical (unpaired) electrons. The zero-order valence-electron chi connectivity index (χ0n) is 12.4. The minimum atomic E-state index is 0.521. The summed E-state index contributed by atoms with van der Waals surface area (Å²) in [7, 11) is 4.40. The summed E-state index contributed by atoms with van der Waals surface area (Å²) in [5.74, 6) is 0.754. The van der Waals surface area contributed by atoms with Gasteiger partial charge < -0.3 is 9.22 Å². The van der Waals surface area contributed by atoms with Gasteiger partial charge in [0.15, 0.2) is 0 Å². The van der Waals surface area contributed by atoms with Gasteiger partial charge in [-0.25, -0.2) is 0 Å². The summed E-state index contributed by atoms with van der Waals surface area (Å²) in [6.07, 6.45) is 0. The molecule has 0 N–H and O–H groups in total. The van der Waals surface area contributed by atoms with E-state index in [2.05, 4.69) is 38.4 Å². The van der Waals surface area contributed by atoms with Crippen molar-refractivity contribution >= 4 is 23.2 Å². The van der Waals surface area contributed by atoms with Gasteiger partial charge in [-0.15, -0.1) is 0 Å². The maximum atomic E-state index is 5.97. The lowest BCUT2D eigenvalue weighted by Gasteiger charge is -2.29. The van der Waals surface area contributed by atoms with Gasteiger partial charge in [-0.2, -0.15) is 0 Å². The molecule has 2 aromatic carbocycles. The van der Waals surface area contributed by atoms with Gasteiger partial charge in [0.1, 0.15) is 25.4 Å². The van der Waals surface area contributed by atoms with Crippen LogP contribution < -0.4 is 4.74 Å². The molecule has 4 heteroatoms. The van der Waals surface area contributed by atoms with E-state index in [-0.39, 0.29) is 0 Å². The molecule has 0 spiro atoms. The number of ether oxygens (including phenoxy) is 1. The van der Waals surface area contributed by atoms with Crippen molar-refractivity contribution in [3.63, 3.8) is 0 Å². The fourth-order valence-corrected chi connectivity index (χ4v) is 2.42. The number of likely N-dealkylation sites (N-methyl/N-ethyl adjacent to an activating group) is 1. The molecule has 0 saturated carbocycles. The predicted octanol–water partition coefficient (Wildman–Crippen LogP) is 4.65. The van der Waals surface area contributed by atoms with Crippen molar-refractivity contribution in [3.05, 3.63) is 64.1 Å². The summed E-state index contributed by atoms with van der Waals surface area (Å²) < 4.78 is 6.62. The summed E-state index contributed by atoms with van der Waals surface area (Å²) in [6, 6.07) is 15.8. The van der Waals surface area contributed by atoms with Crippen LogP contribution in [-0.4, -0.2) is 31.7 Å². The molecular formula is C17H20Cl2NO+. The Morgan fingerprint density at radius 1 is 0.952 bits per heavy atom. The monoisotopic (exact) mass is 324 g/mol. The molecule has 0 aromatic heterocycles. The molecule has 0 fully saturated rings. The zero-order valence-corrected chi connectivity index (χ0v) is 13.9. The number of benzene rings is 2. The molecule has 0 aliphatic heterocycles. The smallest absolute Gasteiger partial charge is 0.137 e. The van der Waals surface area contributed by atoms with Crippen molar-refractivity contribution in [2.24, 2.45) is 0 Å². The second-order valence-electron chi connectivity index (χ2n) is 5.73. The van der Waals surface area contributed by atoms with Crippen LogP contribution in [-0.2, 0) is 6.54 Å². The van der Waals surface area contributed by atoms with Gasteiger partial charge in [0.25, 0.3) is 0 Å². The summed E-state index contributed by atoms with van der Waals surface area (Å²) in [6.45, 7) is 2.53. The molecular weight excluding hydrogens is 305 g/mol. The van der Waals surface area contributed by atoms with Crippen LogP contribution in [0.15, 0.2) is 48.5 Å². The molecule has 0 aliphatic rings. The SMILES string of the molecule is C[N+](C)(CCOc1ccc(Cl)c(Cl)c1)Cc1ccccc1. The standard InChI is InChI=1S/C17H20Cl2NO/c1-20(2,13-14-6-4-3-5-7-14)10-11-21-15-8-9-16(18)17(19)12-15/h3-9,12H,10-11,13H2,1-2H3/q+1. The van der Waals surface area contributed by atoms with E-state index in [1.807, 2.05) is 12.1 Å². The summed E-state index contributed by atoms with van der Waals surface area (Å²) >= 11 is 11.9. The van der Waals surface area contributed by atoms with Crippen molar-refractivity contribution in [1.82, 2.24) is 0 Å². The average molecular weight is 325 g/mol. The molecule has 0 unspecified atom stereocenters. The highest BCUT2D eigenvalue weighted by atomic mass is 35.5. The first-order valence-corrected chi connectivity index (χ1v) is 7.66. The first-order valence-electron chi connectivity index (χ1n) is 6.90. The fraction of sp³-hybridized carbons (Fsp3) is 0.294. The number of quaternary nitrogens is 1. The Bertz CT molecular complexity index is 585. The fourth-order valence-electron chi connectivity index (χ4n) is 2.13. The number of hydrogen-bond acceptors (Lipinski definition) is 1. The molecule has 2 nitrogen and oxygen atoms in total. The van der Waals surface area contributed by atoms with E-state index in [1.165, 1.54) is 5.56 Å². The van der Waals surface area contributed by atoms with Gasteiger partial charge in [-0.1, -0.05) is 53.5 Å². The van der Waals surface area contributed by atoms with Crippen molar-refractivity contribution in [2.75, 3.05) is 27.2 Å². The van der Waals surface area contributed by atoms with Crippen LogP contribution in [0, 0.1) is 0 Å². The third-order valence-electron chi connectivity index (χ3n) is 3.31. The van der Waals surface area contributed by atoms with Crippen LogP contribution in [0.5, 0.6) is 5.75 Å². The maximum Gasteiger partial charge on any atom is 0.137 e. The Morgan fingerprint density at radius 3 is 2.33 bits per heavy atom. The van der Waals surface area contributed by atoms with E-state index in [0.717, 1.165) is 23.3 Å². The van der Waals surface area contributed by atoms with Crippen LogP contribution in [0.1, 0.15) is 5.56 Å². The molecule has 2 aromatic rings. The molecule has 0 amide bonds. The molecule has 0 aliphatic carbocycles. The Kier molecular flexibility index (Phi) is 5.51. The van der Waals surface area contributed by atoms with Crippen molar-refractivity contribution in [3.8, 4) is 5.75 Å². The number of hydrogen-bond donors (Lipinski definition) is 0. The number of halogens is 2. The normalized spacial score (nSPS) is 11.4. The average Bonchev–Trinajstić information content (AvgIpc) is 2.43. The number of nitrogens with zero attached hydrogens (tertiary/aromatic N) is 1. The van der Waals surface area contributed by atoms with E-state index in [4.69, 9.17) is 27.9 Å². The van der Waals surface area contributed by atoms with Crippen LogP contribution >= 0.6 is 23.2 Å². The molecule has 21 heavy (non-hydrogen) atoms. The number of rotatable bonds is 6. The first-order chi connectivity index (χ1) is 9.96. The lowest BCUT2D eigenvalue weighted by molar-refractivity contribution is -0.903. The lowest BCUT2D eigenvalue weighted by atomic mass is 10.2. The van der Waals surface area contributed by atoms with Crippen LogP contribution in [0.4, 0.5) is 0 Å². The highest BCUT2D eigenvalue weighted by molar-refractivity contribution is 6.42. The second kappa shape index (κ2) is 7.17. The Morgan fingerprint density at radius 2 is 1.67 bits per heavy atom. The minimum Gasteiger partial charge on any atom is -0.488 e. The highest BCUT2D eigenvalue weighted by Gasteiger charge is 2.15. The van der Waals surface area contributed by atoms with Gasteiger partial charge in [0.2, 0.25) is 0 Å². The molecule has 0 heterocycles. The van der Waals surface area contributed by atoms with Crippen molar-refractivity contribution in [2.45, 2.75) is 6.54 Å². The van der Waals surface area contributed by atoms with Crippen LogP contribution in [0.2, 0.25) is 10.0 Å². The third-order valence-corrected chi connectivity index (χ3v) is 4.05. The van der Waals surface area contributed by atoms with E-state index in [1.54, 1.807) is 12.1 Å². The van der Waals surface area contributed by atoms with Crippen LogP contribution in [0.25, 0.3) is 0 Å². The molecule has 0 bridgehead atoms. The van der Waals surface area contributed by atoms with Gasteiger partial charge in [-0.05, 0) is 12.1 Å². The van der Waals surface area contributed by atoms with Gasteiger partial charge in [0.05, 0.1) is 24.1 Å². The molecule has 0 atom stereocenters. The summed E-state index contributed by atoms with van der Waals surface area (Å²) in [4.78, 5) is 0. The maximum absolute atomic E-state index is 5.97. The molecule has 0 saturated heterocycles. The minimum absolute atomic E-state index is 0.521. The Balaban J connectivity index is 1.85. The quantitative estimate of drug-likeness (QED) is 0.703. The van der Waals surface area contributed by atoms with Gasteiger partial charge in [0, 0.05) is 11.6 Å². The van der Waals surface area contributed by atoms with Gasteiger partial charge >= 0.3 is 0 Å². The Labute approximate surface area is 136 Å². The summed E-state index contributed by atoms with van der Waals surface area (Å²) in [5.41, 5.74) is 1.33. The predicted molar refractivity (Wildman–Crippen MR) is 89.1 cm³/mol. The van der Waals surface area contributed by atoms with E-state index in [0.29, 0.717) is 16.7 Å². The molecule has 2 rings (SSSR count). The third kappa shape index (κ3) is 5.24. The van der Waals surface area contributed by atoms with E-state index >= 15 is 0 Å². The second-order valence-corrected chi connectivity index (χ2v) is 6.54. The van der Waals surface area contributed by atoms with Crippen LogP contribution in [0.3, 0.4) is 0 Å². The first kappa shape index (κ1) is 16.2. The highest BCUT2D eigenvalue weighted by Crippen LogP contribution is 2.26. The van der Waals surface area contributed by atoms with Crippen molar-refractivity contribution in [1.29, 1.82) is 0 Å². The largest absolute Gasteiger partial charge is 0.488 e. The van der Waals surface area contributed by atoms with E-state index in [9.17, 15) is 0 Å². The summed E-state index contributed by atoms with van der Waals surface area (Å²) in [5, 5.41) is 1.07. The molecule has 112 valence electrons. The lowest BCUT2D eigenvalue weighted by Crippen LogP contribution is -2.41. The van der Waals surface area contributed by atoms with Crippen molar-refractivity contribution < 1.29 is 9.22 Å². The topological polar surface area (TPSA) is 9.23 Å².